The van der Waals surface area contributed by atoms with Crippen molar-refractivity contribution >= 4 is 12.0 Å². The van der Waals surface area contributed by atoms with Crippen LogP contribution >= 0.6 is 0 Å². The van der Waals surface area contributed by atoms with Crippen molar-refractivity contribution in [3.8, 4) is 0 Å². The molecule has 0 heterocycles. The second-order valence-electron chi connectivity index (χ2n) is 6.53. The minimum absolute atomic E-state index is 0.155. The zero-order valence-corrected chi connectivity index (χ0v) is 12.4. The zero-order valence-electron chi connectivity index (χ0n) is 12.4. The van der Waals surface area contributed by atoms with Gasteiger partial charge in [0.2, 0.25) is 0 Å². The normalized spacial score (nSPS) is 22.3. The van der Waals surface area contributed by atoms with Crippen LogP contribution in [0.5, 0.6) is 0 Å². The molecule has 0 saturated heterocycles. The third-order valence-corrected chi connectivity index (χ3v) is 4.24. The number of hydrogen-bond acceptors (Lipinski definition) is 2. The molecule has 19 heavy (non-hydrogen) atoms. The number of amides is 2. The van der Waals surface area contributed by atoms with Gasteiger partial charge in [0.25, 0.3) is 0 Å². The standard InChI is InChI=1S/C14H26N2O3/c1-5-14(4,11(17)18)16-12(19)15-10-6-8-13(2,3)9-7-10/h10H,5-9H2,1-4H3,(H,17,18)(H2,15,16,19). The van der Waals surface area contributed by atoms with E-state index in [1.54, 1.807) is 6.92 Å². The van der Waals surface area contributed by atoms with Crippen molar-refractivity contribution < 1.29 is 14.7 Å². The Bertz CT molecular complexity index is 345. The molecule has 2 amide bonds. The van der Waals surface area contributed by atoms with Crippen molar-refractivity contribution in [2.24, 2.45) is 5.41 Å². The third-order valence-electron chi connectivity index (χ3n) is 4.24. The third kappa shape index (κ3) is 4.40. The first-order chi connectivity index (χ1) is 8.68. The first-order valence-corrected chi connectivity index (χ1v) is 7.00. The molecule has 0 aromatic carbocycles. The molecule has 1 unspecified atom stereocenters. The Labute approximate surface area is 115 Å². The van der Waals surface area contributed by atoms with Crippen molar-refractivity contribution in [1.29, 1.82) is 0 Å². The Morgan fingerprint density at radius 1 is 1.32 bits per heavy atom. The molecular formula is C14H26N2O3. The van der Waals surface area contributed by atoms with Gasteiger partial charge in [0, 0.05) is 6.04 Å². The highest BCUT2D eigenvalue weighted by molar-refractivity contribution is 5.85. The quantitative estimate of drug-likeness (QED) is 0.734. The fourth-order valence-electron chi connectivity index (χ4n) is 2.31. The molecule has 0 aromatic rings. The Hall–Kier alpha value is -1.26. The molecular weight excluding hydrogens is 244 g/mol. The maximum Gasteiger partial charge on any atom is 0.329 e. The summed E-state index contributed by atoms with van der Waals surface area (Å²) >= 11 is 0. The van der Waals surface area contributed by atoms with Gasteiger partial charge in [-0.3, -0.25) is 0 Å². The number of urea groups is 1. The highest BCUT2D eigenvalue weighted by Gasteiger charge is 2.34. The van der Waals surface area contributed by atoms with Gasteiger partial charge in [0.15, 0.2) is 0 Å². The van der Waals surface area contributed by atoms with E-state index >= 15 is 0 Å². The van der Waals surface area contributed by atoms with Crippen molar-refractivity contribution in [2.45, 2.75) is 71.4 Å². The lowest BCUT2D eigenvalue weighted by Crippen LogP contribution is -2.56. The molecule has 5 nitrogen and oxygen atoms in total. The van der Waals surface area contributed by atoms with E-state index in [-0.39, 0.29) is 12.1 Å². The Kier molecular flexibility index (Phi) is 4.82. The number of rotatable bonds is 4. The van der Waals surface area contributed by atoms with Gasteiger partial charge in [-0.25, -0.2) is 9.59 Å². The predicted molar refractivity (Wildman–Crippen MR) is 74.0 cm³/mol. The maximum absolute atomic E-state index is 11.9. The molecule has 110 valence electrons. The van der Waals surface area contributed by atoms with Gasteiger partial charge in [-0.05, 0) is 44.4 Å². The average Bonchev–Trinajstić information content (AvgIpc) is 2.31. The Morgan fingerprint density at radius 2 is 1.84 bits per heavy atom. The van der Waals surface area contributed by atoms with Crippen LogP contribution in [0.1, 0.15) is 59.8 Å². The van der Waals surface area contributed by atoms with Crippen molar-refractivity contribution in [2.75, 3.05) is 0 Å². The Balaban J connectivity index is 2.46. The number of carbonyl (C=O) groups is 2. The van der Waals surface area contributed by atoms with E-state index in [9.17, 15) is 9.59 Å². The van der Waals surface area contributed by atoms with Crippen LogP contribution in [0.3, 0.4) is 0 Å². The summed E-state index contributed by atoms with van der Waals surface area (Å²) in [5.41, 5.74) is -0.842. The summed E-state index contributed by atoms with van der Waals surface area (Å²) < 4.78 is 0. The molecule has 1 aliphatic carbocycles. The van der Waals surface area contributed by atoms with Gasteiger partial charge < -0.3 is 15.7 Å². The predicted octanol–water partition coefficient (Wildman–Crippen LogP) is 2.51. The fraction of sp³-hybridized carbons (Fsp3) is 0.857. The second-order valence-corrected chi connectivity index (χ2v) is 6.53. The van der Waals surface area contributed by atoms with E-state index in [0.29, 0.717) is 11.8 Å². The summed E-state index contributed by atoms with van der Waals surface area (Å²) in [5.74, 6) is -1.00. The monoisotopic (exact) mass is 270 g/mol. The highest BCUT2D eigenvalue weighted by Crippen LogP contribution is 2.34. The number of hydrogen-bond donors (Lipinski definition) is 3. The molecule has 0 spiro atoms. The Morgan fingerprint density at radius 3 is 2.26 bits per heavy atom. The van der Waals surface area contributed by atoms with Gasteiger partial charge in [-0.2, -0.15) is 0 Å². The largest absolute Gasteiger partial charge is 0.480 e. The molecule has 1 fully saturated rings. The van der Waals surface area contributed by atoms with Crippen LogP contribution in [0, 0.1) is 5.41 Å². The first kappa shape index (κ1) is 15.8. The smallest absolute Gasteiger partial charge is 0.329 e. The van der Waals surface area contributed by atoms with Crippen LogP contribution in [0.4, 0.5) is 4.79 Å². The van der Waals surface area contributed by atoms with Crippen LogP contribution in [-0.4, -0.2) is 28.7 Å². The number of carbonyl (C=O) groups excluding carboxylic acids is 1. The van der Waals surface area contributed by atoms with Crippen LogP contribution in [-0.2, 0) is 4.79 Å². The molecule has 0 aliphatic heterocycles. The van der Waals surface area contributed by atoms with E-state index in [0.717, 1.165) is 25.7 Å². The van der Waals surface area contributed by atoms with Crippen LogP contribution in [0.2, 0.25) is 0 Å². The minimum Gasteiger partial charge on any atom is -0.480 e. The van der Waals surface area contributed by atoms with Crippen molar-refractivity contribution in [3.63, 3.8) is 0 Å². The fourth-order valence-corrected chi connectivity index (χ4v) is 2.31. The number of aliphatic carboxylic acids is 1. The molecule has 1 rings (SSSR count). The van der Waals surface area contributed by atoms with Gasteiger partial charge in [-0.1, -0.05) is 20.8 Å². The summed E-state index contributed by atoms with van der Waals surface area (Å²) in [6.07, 6.45) is 4.43. The van der Waals surface area contributed by atoms with Gasteiger partial charge in [0.05, 0.1) is 0 Å². The van der Waals surface area contributed by atoms with E-state index < -0.39 is 11.5 Å². The van der Waals surface area contributed by atoms with Crippen molar-refractivity contribution in [1.82, 2.24) is 10.6 Å². The SMILES string of the molecule is CCC(C)(NC(=O)NC1CCC(C)(C)CC1)C(=O)O. The lowest BCUT2D eigenvalue weighted by Gasteiger charge is -2.35. The van der Waals surface area contributed by atoms with Gasteiger partial charge >= 0.3 is 12.0 Å². The molecule has 1 atom stereocenters. The van der Waals surface area contributed by atoms with E-state index in [1.807, 2.05) is 0 Å². The molecule has 0 radical (unpaired) electrons. The first-order valence-electron chi connectivity index (χ1n) is 7.00. The highest BCUT2D eigenvalue weighted by atomic mass is 16.4. The van der Waals surface area contributed by atoms with Crippen LogP contribution < -0.4 is 10.6 Å². The number of carboxylic acids is 1. The summed E-state index contributed by atoms with van der Waals surface area (Å²) in [4.78, 5) is 23.0. The number of carboxylic acid groups (broad SMARTS) is 1. The second kappa shape index (κ2) is 5.80. The summed E-state index contributed by atoms with van der Waals surface area (Å²) in [7, 11) is 0. The van der Waals surface area contributed by atoms with Crippen molar-refractivity contribution in [3.05, 3.63) is 0 Å². The van der Waals surface area contributed by atoms with Gasteiger partial charge in [-0.15, -0.1) is 0 Å². The molecule has 5 heteroatoms. The summed E-state index contributed by atoms with van der Waals surface area (Å²) in [6, 6.07) is -0.223. The van der Waals surface area contributed by atoms with E-state index in [2.05, 4.69) is 24.5 Å². The zero-order chi connectivity index (χ0) is 14.7. The molecule has 1 aliphatic rings. The lowest BCUT2D eigenvalue weighted by molar-refractivity contribution is -0.143. The van der Waals surface area contributed by atoms with Crippen LogP contribution in [0.25, 0.3) is 0 Å². The average molecular weight is 270 g/mol. The summed E-state index contributed by atoms with van der Waals surface area (Å²) in [5, 5.41) is 14.6. The minimum atomic E-state index is -1.20. The molecule has 3 N–H and O–H groups in total. The molecule has 0 bridgehead atoms. The van der Waals surface area contributed by atoms with Crippen LogP contribution in [0.15, 0.2) is 0 Å². The van der Waals surface area contributed by atoms with E-state index in [1.165, 1.54) is 6.92 Å². The maximum atomic E-state index is 11.9. The van der Waals surface area contributed by atoms with Gasteiger partial charge in [0.1, 0.15) is 5.54 Å². The molecule has 1 saturated carbocycles. The van der Waals surface area contributed by atoms with E-state index in [4.69, 9.17) is 5.11 Å². The number of nitrogens with one attached hydrogen (secondary N) is 2. The summed E-state index contributed by atoms with van der Waals surface area (Å²) in [6.45, 7) is 7.75. The topological polar surface area (TPSA) is 78.4 Å². The molecule has 0 aromatic heterocycles. The lowest BCUT2D eigenvalue weighted by atomic mass is 9.75.